The average Bonchev–Trinajstić information content (AvgIpc) is 2.68. The first-order valence-electron chi connectivity index (χ1n) is 9.79. The molecule has 0 aliphatic carbocycles. The summed E-state index contributed by atoms with van der Waals surface area (Å²) in [7, 11) is 0. The highest BCUT2D eigenvalue weighted by atomic mass is 16.2. The number of piperidine rings is 1. The first-order chi connectivity index (χ1) is 12.6. The van der Waals surface area contributed by atoms with Crippen LogP contribution in [0.2, 0.25) is 0 Å². The van der Waals surface area contributed by atoms with E-state index in [-0.39, 0.29) is 11.8 Å². The molecule has 1 aromatic rings. The maximum Gasteiger partial charge on any atom is 0.253 e. The van der Waals surface area contributed by atoms with Gasteiger partial charge in [-0.1, -0.05) is 6.92 Å². The Labute approximate surface area is 156 Å². The molecule has 0 saturated carbocycles. The molecule has 0 atom stereocenters. The van der Waals surface area contributed by atoms with Crippen molar-refractivity contribution in [3.05, 3.63) is 29.6 Å². The molecule has 6 nitrogen and oxygen atoms in total. The molecule has 0 unspecified atom stereocenters. The summed E-state index contributed by atoms with van der Waals surface area (Å²) in [5.41, 5.74) is 1.57. The quantitative estimate of drug-likeness (QED) is 0.824. The molecule has 0 N–H and O–H groups in total. The van der Waals surface area contributed by atoms with E-state index in [1.54, 1.807) is 12.3 Å². The van der Waals surface area contributed by atoms with Crippen molar-refractivity contribution in [2.75, 3.05) is 45.8 Å². The van der Waals surface area contributed by atoms with Crippen molar-refractivity contribution in [3.8, 4) is 0 Å². The summed E-state index contributed by atoms with van der Waals surface area (Å²) in [6.45, 7) is 10.3. The number of hydrogen-bond donors (Lipinski definition) is 0. The van der Waals surface area contributed by atoms with Crippen LogP contribution in [0.15, 0.2) is 18.3 Å². The molecular formula is C20H30N4O2. The molecule has 2 aliphatic rings. The van der Waals surface area contributed by atoms with E-state index in [2.05, 4.69) is 16.8 Å². The van der Waals surface area contributed by atoms with Gasteiger partial charge in [-0.25, -0.2) is 0 Å². The monoisotopic (exact) mass is 358 g/mol. The van der Waals surface area contributed by atoms with Gasteiger partial charge in [-0.15, -0.1) is 0 Å². The molecule has 0 spiro atoms. The summed E-state index contributed by atoms with van der Waals surface area (Å²) in [5.74, 6) is 0.765. The summed E-state index contributed by atoms with van der Waals surface area (Å²) in [6.07, 6.45) is 4.14. The fraction of sp³-hybridized carbons (Fsp3) is 0.650. The zero-order chi connectivity index (χ0) is 18.5. The molecule has 2 saturated heterocycles. The summed E-state index contributed by atoms with van der Waals surface area (Å²) in [6, 6.07) is 3.62. The van der Waals surface area contributed by atoms with Crippen molar-refractivity contribution in [2.45, 2.75) is 33.1 Å². The Bertz CT molecular complexity index is 632. The van der Waals surface area contributed by atoms with E-state index in [4.69, 9.17) is 0 Å². The van der Waals surface area contributed by atoms with Crippen LogP contribution in [0.3, 0.4) is 0 Å². The van der Waals surface area contributed by atoms with E-state index in [9.17, 15) is 9.59 Å². The molecule has 26 heavy (non-hydrogen) atoms. The second-order valence-corrected chi connectivity index (χ2v) is 7.44. The number of rotatable bonds is 4. The number of nitrogens with zero attached hydrogens (tertiary/aromatic N) is 4. The topological polar surface area (TPSA) is 56.8 Å². The first kappa shape index (κ1) is 18.8. The van der Waals surface area contributed by atoms with Gasteiger partial charge in [0.2, 0.25) is 5.91 Å². The molecule has 2 fully saturated rings. The molecule has 6 heteroatoms. The fourth-order valence-corrected chi connectivity index (χ4v) is 3.89. The van der Waals surface area contributed by atoms with Gasteiger partial charge in [-0.2, -0.15) is 0 Å². The third-order valence-electron chi connectivity index (χ3n) is 5.68. The van der Waals surface area contributed by atoms with Gasteiger partial charge in [0.25, 0.3) is 5.91 Å². The van der Waals surface area contributed by atoms with Crippen molar-refractivity contribution in [1.82, 2.24) is 19.7 Å². The van der Waals surface area contributed by atoms with Crippen molar-refractivity contribution < 1.29 is 9.59 Å². The van der Waals surface area contributed by atoms with Gasteiger partial charge in [0.1, 0.15) is 0 Å². The van der Waals surface area contributed by atoms with Crippen LogP contribution in [0.25, 0.3) is 0 Å². The second kappa shape index (κ2) is 8.62. The van der Waals surface area contributed by atoms with E-state index in [0.717, 1.165) is 64.3 Å². The van der Waals surface area contributed by atoms with Gasteiger partial charge in [0.15, 0.2) is 0 Å². The number of aromatic nitrogens is 1. The van der Waals surface area contributed by atoms with Crippen molar-refractivity contribution in [3.63, 3.8) is 0 Å². The van der Waals surface area contributed by atoms with Crippen LogP contribution >= 0.6 is 0 Å². The maximum atomic E-state index is 12.6. The Hall–Kier alpha value is -1.95. The normalized spacial score (nSPS) is 19.6. The SMILES string of the molecule is CCN1CCN(C(=O)CC2CCN(C(=O)c3ccnc(C)c3)CC2)CC1. The number of likely N-dealkylation sites (tertiary alicyclic amines) is 1. The van der Waals surface area contributed by atoms with E-state index >= 15 is 0 Å². The number of aryl methyl sites for hydroxylation is 1. The average molecular weight is 358 g/mol. The third-order valence-corrected chi connectivity index (χ3v) is 5.68. The van der Waals surface area contributed by atoms with Crippen LogP contribution in [-0.4, -0.2) is 77.3 Å². The lowest BCUT2D eigenvalue weighted by atomic mass is 9.92. The van der Waals surface area contributed by atoms with Crippen LogP contribution in [0, 0.1) is 12.8 Å². The van der Waals surface area contributed by atoms with Gasteiger partial charge in [-0.3, -0.25) is 14.6 Å². The Balaban J connectivity index is 1.45. The Kier molecular flexibility index (Phi) is 6.25. The molecule has 0 bridgehead atoms. The van der Waals surface area contributed by atoms with Crippen LogP contribution in [0.4, 0.5) is 0 Å². The highest BCUT2D eigenvalue weighted by Gasteiger charge is 2.27. The lowest BCUT2D eigenvalue weighted by Crippen LogP contribution is -2.49. The highest BCUT2D eigenvalue weighted by molar-refractivity contribution is 5.94. The predicted octanol–water partition coefficient (Wildman–Crippen LogP) is 1.80. The largest absolute Gasteiger partial charge is 0.340 e. The fourth-order valence-electron chi connectivity index (χ4n) is 3.89. The van der Waals surface area contributed by atoms with Crippen LogP contribution in [0.1, 0.15) is 42.2 Å². The smallest absolute Gasteiger partial charge is 0.253 e. The van der Waals surface area contributed by atoms with Gasteiger partial charge in [-0.05, 0) is 44.4 Å². The van der Waals surface area contributed by atoms with E-state index < -0.39 is 0 Å². The van der Waals surface area contributed by atoms with Crippen LogP contribution in [-0.2, 0) is 4.79 Å². The van der Waals surface area contributed by atoms with Gasteiger partial charge < -0.3 is 14.7 Å². The Morgan fingerprint density at radius 3 is 2.38 bits per heavy atom. The number of pyridine rings is 1. The minimum absolute atomic E-state index is 0.0796. The predicted molar refractivity (Wildman–Crippen MR) is 101 cm³/mol. The molecule has 1 aromatic heterocycles. The summed E-state index contributed by atoms with van der Waals surface area (Å²) in [5, 5.41) is 0. The van der Waals surface area contributed by atoms with Crippen molar-refractivity contribution in [2.24, 2.45) is 5.92 Å². The lowest BCUT2D eigenvalue weighted by Gasteiger charge is -2.36. The molecule has 142 valence electrons. The molecule has 2 amide bonds. The zero-order valence-electron chi connectivity index (χ0n) is 16.0. The highest BCUT2D eigenvalue weighted by Crippen LogP contribution is 2.23. The summed E-state index contributed by atoms with van der Waals surface area (Å²) < 4.78 is 0. The minimum atomic E-state index is 0.0796. The number of likely N-dealkylation sites (N-methyl/N-ethyl adjacent to an activating group) is 1. The molecule has 2 aliphatic heterocycles. The zero-order valence-corrected chi connectivity index (χ0v) is 16.0. The van der Waals surface area contributed by atoms with E-state index in [1.165, 1.54) is 0 Å². The molecule has 3 heterocycles. The molecule has 0 aromatic carbocycles. The molecule has 3 rings (SSSR count). The first-order valence-corrected chi connectivity index (χ1v) is 9.79. The number of carbonyl (C=O) groups is 2. The van der Waals surface area contributed by atoms with Crippen molar-refractivity contribution >= 4 is 11.8 Å². The third kappa shape index (κ3) is 4.61. The maximum absolute atomic E-state index is 12.6. The standard InChI is InChI=1S/C20H30N4O2/c1-3-22-10-12-23(13-11-22)19(25)15-17-5-8-24(9-6-17)20(26)18-4-7-21-16(2)14-18/h4,7,14,17H,3,5-6,8-13,15H2,1-2H3. The van der Waals surface area contributed by atoms with E-state index in [0.29, 0.717) is 17.9 Å². The minimum Gasteiger partial charge on any atom is -0.340 e. The summed E-state index contributed by atoms with van der Waals surface area (Å²) in [4.78, 5) is 35.6. The number of hydrogen-bond acceptors (Lipinski definition) is 4. The number of piperazine rings is 1. The lowest BCUT2D eigenvalue weighted by molar-refractivity contribution is -0.134. The van der Waals surface area contributed by atoms with Crippen molar-refractivity contribution in [1.29, 1.82) is 0 Å². The van der Waals surface area contributed by atoms with Crippen LogP contribution < -0.4 is 0 Å². The van der Waals surface area contributed by atoms with Gasteiger partial charge in [0.05, 0.1) is 0 Å². The van der Waals surface area contributed by atoms with Crippen LogP contribution in [0.5, 0.6) is 0 Å². The second-order valence-electron chi connectivity index (χ2n) is 7.44. The molecular weight excluding hydrogens is 328 g/mol. The Morgan fingerprint density at radius 1 is 1.08 bits per heavy atom. The molecule has 0 radical (unpaired) electrons. The van der Waals surface area contributed by atoms with Gasteiger partial charge >= 0.3 is 0 Å². The Morgan fingerprint density at radius 2 is 1.77 bits per heavy atom. The summed E-state index contributed by atoms with van der Waals surface area (Å²) >= 11 is 0. The van der Waals surface area contributed by atoms with Gasteiger partial charge in [0, 0.05) is 63.1 Å². The number of amides is 2. The van der Waals surface area contributed by atoms with E-state index in [1.807, 2.05) is 22.8 Å². The number of carbonyl (C=O) groups excluding carboxylic acids is 2.